The predicted octanol–water partition coefficient (Wildman–Crippen LogP) is 3.09. The van der Waals surface area contributed by atoms with Crippen LogP contribution in [0.15, 0.2) is 48.7 Å². The van der Waals surface area contributed by atoms with Crippen molar-refractivity contribution in [3.63, 3.8) is 0 Å². The van der Waals surface area contributed by atoms with Gasteiger partial charge in [0, 0.05) is 11.6 Å². The summed E-state index contributed by atoms with van der Waals surface area (Å²) in [7, 11) is 0. The fourth-order valence-corrected chi connectivity index (χ4v) is 2.16. The lowest BCUT2D eigenvalue weighted by molar-refractivity contribution is 0.0697. The number of hydrogen-bond acceptors (Lipinski definition) is 2. The number of benzene rings is 2. The summed E-state index contributed by atoms with van der Waals surface area (Å²) in [5, 5.41) is 14.4. The van der Waals surface area contributed by atoms with Crippen LogP contribution < -0.4 is 0 Å². The second kappa shape index (κ2) is 4.81. The summed E-state index contributed by atoms with van der Waals surface area (Å²) < 4.78 is 1.83. The second-order valence-corrected chi connectivity index (χ2v) is 4.89. The van der Waals surface area contributed by atoms with E-state index in [9.17, 15) is 4.79 Å². The molecule has 4 heteroatoms. The van der Waals surface area contributed by atoms with Gasteiger partial charge in [-0.05, 0) is 24.6 Å². The van der Waals surface area contributed by atoms with Crippen LogP contribution >= 0.6 is 0 Å². The Hall–Kier alpha value is -2.62. The molecule has 1 aromatic heterocycles. The van der Waals surface area contributed by atoms with Gasteiger partial charge in [0.05, 0.1) is 17.6 Å². The van der Waals surface area contributed by atoms with Gasteiger partial charge in [-0.2, -0.15) is 5.10 Å². The van der Waals surface area contributed by atoms with Crippen molar-refractivity contribution >= 4 is 16.9 Å². The van der Waals surface area contributed by atoms with Crippen LogP contribution in [0.2, 0.25) is 0 Å². The van der Waals surface area contributed by atoms with E-state index in [1.165, 1.54) is 11.1 Å². The molecular weight excluding hydrogens is 252 g/mol. The van der Waals surface area contributed by atoms with Crippen LogP contribution in [0.25, 0.3) is 10.9 Å². The highest BCUT2D eigenvalue weighted by molar-refractivity contribution is 5.92. The zero-order chi connectivity index (χ0) is 14.1. The minimum absolute atomic E-state index is 0.262. The lowest BCUT2D eigenvalue weighted by Gasteiger charge is -2.01. The van der Waals surface area contributed by atoms with Gasteiger partial charge in [-0.25, -0.2) is 4.79 Å². The van der Waals surface area contributed by atoms with Crippen LogP contribution in [-0.2, 0) is 6.54 Å². The van der Waals surface area contributed by atoms with Crippen molar-refractivity contribution in [2.24, 2.45) is 0 Å². The molecule has 0 amide bonds. The standard InChI is InChI=1S/C16H14N2O2/c1-11-2-4-12(5-3-11)9-18-10-14-7-6-13(16(19)20)8-15(14)17-18/h2-8,10H,9H2,1H3,(H,19,20). The van der Waals surface area contributed by atoms with Crippen LogP contribution in [0.4, 0.5) is 0 Å². The Labute approximate surface area is 116 Å². The third kappa shape index (κ3) is 2.40. The molecule has 1 heterocycles. The van der Waals surface area contributed by atoms with Crippen molar-refractivity contribution in [2.75, 3.05) is 0 Å². The number of carbonyl (C=O) groups is 1. The largest absolute Gasteiger partial charge is 0.478 e. The first kappa shape index (κ1) is 12.4. The number of aromatic carboxylic acids is 1. The van der Waals surface area contributed by atoms with E-state index < -0.39 is 5.97 Å². The summed E-state index contributed by atoms with van der Waals surface area (Å²) in [6, 6.07) is 13.3. The molecule has 100 valence electrons. The van der Waals surface area contributed by atoms with Gasteiger partial charge < -0.3 is 5.11 Å². The topological polar surface area (TPSA) is 55.1 Å². The van der Waals surface area contributed by atoms with E-state index in [0.29, 0.717) is 12.1 Å². The van der Waals surface area contributed by atoms with Crippen LogP contribution in [-0.4, -0.2) is 20.9 Å². The number of nitrogens with zero attached hydrogens (tertiary/aromatic N) is 2. The maximum absolute atomic E-state index is 10.9. The lowest BCUT2D eigenvalue weighted by atomic mass is 10.1. The minimum atomic E-state index is -0.931. The van der Waals surface area contributed by atoms with Crippen molar-refractivity contribution in [3.8, 4) is 0 Å². The molecule has 0 aliphatic heterocycles. The summed E-state index contributed by atoms with van der Waals surface area (Å²) in [6.07, 6.45) is 1.93. The van der Waals surface area contributed by atoms with E-state index in [0.717, 1.165) is 5.39 Å². The van der Waals surface area contributed by atoms with Gasteiger partial charge in [-0.1, -0.05) is 35.9 Å². The van der Waals surface area contributed by atoms with Crippen LogP contribution in [0.1, 0.15) is 21.5 Å². The average Bonchev–Trinajstić information content (AvgIpc) is 2.82. The predicted molar refractivity (Wildman–Crippen MR) is 77.0 cm³/mol. The summed E-state index contributed by atoms with van der Waals surface area (Å²) in [4.78, 5) is 10.9. The van der Waals surface area contributed by atoms with Gasteiger partial charge in [-0.15, -0.1) is 0 Å². The van der Waals surface area contributed by atoms with E-state index in [1.54, 1.807) is 18.2 Å². The van der Waals surface area contributed by atoms with E-state index in [4.69, 9.17) is 5.11 Å². The molecule has 0 aliphatic carbocycles. The Morgan fingerprint density at radius 2 is 1.95 bits per heavy atom. The Kier molecular flexibility index (Phi) is 2.99. The maximum Gasteiger partial charge on any atom is 0.335 e. The molecule has 1 N–H and O–H groups in total. The fourth-order valence-electron chi connectivity index (χ4n) is 2.16. The Balaban J connectivity index is 1.92. The Morgan fingerprint density at radius 3 is 2.65 bits per heavy atom. The third-order valence-electron chi connectivity index (χ3n) is 3.27. The number of aromatic nitrogens is 2. The summed E-state index contributed by atoms with van der Waals surface area (Å²) >= 11 is 0. The molecule has 0 saturated carbocycles. The van der Waals surface area contributed by atoms with E-state index in [-0.39, 0.29) is 5.56 Å². The highest BCUT2D eigenvalue weighted by Crippen LogP contribution is 2.15. The quantitative estimate of drug-likeness (QED) is 0.792. The first-order valence-electron chi connectivity index (χ1n) is 6.38. The van der Waals surface area contributed by atoms with Gasteiger partial charge in [-0.3, -0.25) is 4.68 Å². The van der Waals surface area contributed by atoms with E-state index >= 15 is 0 Å². The van der Waals surface area contributed by atoms with Crippen molar-refractivity contribution < 1.29 is 9.90 Å². The van der Waals surface area contributed by atoms with Crippen LogP contribution in [0, 0.1) is 6.92 Å². The molecule has 4 nitrogen and oxygen atoms in total. The molecule has 3 aromatic rings. The Bertz CT molecular complexity index is 773. The summed E-state index contributed by atoms with van der Waals surface area (Å²) in [6.45, 7) is 2.73. The number of carboxylic acids is 1. The van der Waals surface area contributed by atoms with Crippen LogP contribution in [0.5, 0.6) is 0 Å². The van der Waals surface area contributed by atoms with Crippen LogP contribution in [0.3, 0.4) is 0 Å². The lowest BCUT2D eigenvalue weighted by Crippen LogP contribution is -1.99. The molecule has 20 heavy (non-hydrogen) atoms. The van der Waals surface area contributed by atoms with E-state index in [2.05, 4.69) is 36.3 Å². The van der Waals surface area contributed by atoms with Gasteiger partial charge in [0.25, 0.3) is 0 Å². The summed E-state index contributed by atoms with van der Waals surface area (Å²) in [5.41, 5.74) is 3.36. The molecule has 0 unspecified atom stereocenters. The van der Waals surface area contributed by atoms with Gasteiger partial charge >= 0.3 is 5.97 Å². The number of fused-ring (bicyclic) bond motifs is 1. The van der Waals surface area contributed by atoms with Gasteiger partial charge in [0.1, 0.15) is 0 Å². The van der Waals surface area contributed by atoms with Gasteiger partial charge in [0.2, 0.25) is 0 Å². The average molecular weight is 266 g/mol. The monoisotopic (exact) mass is 266 g/mol. The first-order valence-corrected chi connectivity index (χ1v) is 6.38. The van der Waals surface area contributed by atoms with Crippen molar-refractivity contribution in [2.45, 2.75) is 13.5 Å². The Morgan fingerprint density at radius 1 is 1.20 bits per heavy atom. The molecule has 0 radical (unpaired) electrons. The summed E-state index contributed by atoms with van der Waals surface area (Å²) in [5.74, 6) is -0.931. The molecule has 0 spiro atoms. The van der Waals surface area contributed by atoms with Crippen molar-refractivity contribution in [1.82, 2.24) is 9.78 Å². The van der Waals surface area contributed by atoms with E-state index in [1.807, 2.05) is 10.9 Å². The SMILES string of the molecule is Cc1ccc(Cn2cc3ccc(C(=O)O)cc3n2)cc1. The molecule has 0 aliphatic rings. The highest BCUT2D eigenvalue weighted by atomic mass is 16.4. The second-order valence-electron chi connectivity index (χ2n) is 4.89. The zero-order valence-electron chi connectivity index (χ0n) is 11.1. The number of rotatable bonds is 3. The number of aryl methyl sites for hydroxylation is 1. The molecule has 3 rings (SSSR count). The zero-order valence-corrected chi connectivity index (χ0v) is 11.1. The normalized spacial score (nSPS) is 10.8. The molecule has 0 fully saturated rings. The molecule has 0 saturated heterocycles. The third-order valence-corrected chi connectivity index (χ3v) is 3.27. The maximum atomic E-state index is 10.9. The number of carboxylic acid groups (broad SMARTS) is 1. The fraction of sp³-hybridized carbons (Fsp3) is 0.125. The highest BCUT2D eigenvalue weighted by Gasteiger charge is 2.06. The number of hydrogen-bond donors (Lipinski definition) is 1. The minimum Gasteiger partial charge on any atom is -0.478 e. The smallest absolute Gasteiger partial charge is 0.335 e. The molecule has 2 aromatic carbocycles. The van der Waals surface area contributed by atoms with Crippen molar-refractivity contribution in [1.29, 1.82) is 0 Å². The first-order chi connectivity index (χ1) is 9.61. The molecular formula is C16H14N2O2. The molecule has 0 bridgehead atoms. The van der Waals surface area contributed by atoms with Crippen molar-refractivity contribution in [3.05, 3.63) is 65.4 Å². The van der Waals surface area contributed by atoms with Gasteiger partial charge in [0.15, 0.2) is 0 Å². The molecule has 0 atom stereocenters.